The molecule has 1 amide bonds. The SMILES string of the molecule is CC(Oc1ccccc1F)C(=O)Nc1ccc(CN)cc1. The predicted octanol–water partition coefficient (Wildman–Crippen LogP) is 2.69. The molecule has 3 N–H and O–H groups in total. The van der Waals surface area contributed by atoms with Crippen molar-refractivity contribution >= 4 is 11.6 Å². The van der Waals surface area contributed by atoms with Gasteiger partial charge < -0.3 is 15.8 Å². The van der Waals surface area contributed by atoms with Crippen LogP contribution in [0.3, 0.4) is 0 Å². The van der Waals surface area contributed by atoms with Gasteiger partial charge in [0.15, 0.2) is 17.7 Å². The highest BCUT2D eigenvalue weighted by atomic mass is 19.1. The van der Waals surface area contributed by atoms with Crippen LogP contribution in [0.4, 0.5) is 10.1 Å². The summed E-state index contributed by atoms with van der Waals surface area (Å²) in [4.78, 5) is 12.0. The van der Waals surface area contributed by atoms with Gasteiger partial charge in [0, 0.05) is 12.2 Å². The van der Waals surface area contributed by atoms with Crippen LogP contribution in [0.25, 0.3) is 0 Å². The van der Waals surface area contributed by atoms with Crippen LogP contribution in [0, 0.1) is 5.82 Å². The summed E-state index contributed by atoms with van der Waals surface area (Å²) in [6.45, 7) is 2.01. The van der Waals surface area contributed by atoms with Crippen LogP contribution in [0.1, 0.15) is 12.5 Å². The zero-order chi connectivity index (χ0) is 15.2. The molecule has 2 aromatic carbocycles. The van der Waals surface area contributed by atoms with E-state index < -0.39 is 11.9 Å². The summed E-state index contributed by atoms with van der Waals surface area (Å²) in [6, 6.07) is 13.2. The van der Waals surface area contributed by atoms with Crippen LogP contribution in [0.2, 0.25) is 0 Å². The number of hydrogen-bond acceptors (Lipinski definition) is 3. The van der Waals surface area contributed by atoms with E-state index in [1.54, 1.807) is 31.2 Å². The van der Waals surface area contributed by atoms with E-state index >= 15 is 0 Å². The highest BCUT2D eigenvalue weighted by molar-refractivity contribution is 5.94. The summed E-state index contributed by atoms with van der Waals surface area (Å²) in [7, 11) is 0. The number of anilines is 1. The van der Waals surface area contributed by atoms with Crippen LogP contribution in [-0.2, 0) is 11.3 Å². The quantitative estimate of drug-likeness (QED) is 0.889. The Morgan fingerprint density at radius 3 is 2.52 bits per heavy atom. The largest absolute Gasteiger partial charge is 0.478 e. The molecular weight excluding hydrogens is 271 g/mol. The number of rotatable bonds is 5. The smallest absolute Gasteiger partial charge is 0.265 e. The Hall–Kier alpha value is -2.40. The molecule has 2 aromatic rings. The Labute approximate surface area is 122 Å². The fraction of sp³-hybridized carbons (Fsp3) is 0.188. The minimum absolute atomic E-state index is 0.0543. The molecule has 0 radical (unpaired) electrons. The second-order valence-electron chi connectivity index (χ2n) is 4.58. The van der Waals surface area contributed by atoms with Crippen molar-refractivity contribution in [3.8, 4) is 5.75 Å². The fourth-order valence-electron chi connectivity index (χ4n) is 1.75. The number of carbonyl (C=O) groups excluding carboxylic acids is 1. The van der Waals surface area contributed by atoms with Crippen LogP contribution >= 0.6 is 0 Å². The number of benzene rings is 2. The molecule has 0 fully saturated rings. The molecule has 0 aliphatic heterocycles. The second-order valence-corrected chi connectivity index (χ2v) is 4.58. The number of para-hydroxylation sites is 1. The molecule has 0 heterocycles. The molecule has 1 atom stereocenters. The molecule has 0 aromatic heterocycles. The molecule has 0 spiro atoms. The summed E-state index contributed by atoms with van der Waals surface area (Å²) in [5.41, 5.74) is 7.12. The molecule has 1 unspecified atom stereocenters. The fourth-order valence-corrected chi connectivity index (χ4v) is 1.75. The van der Waals surface area contributed by atoms with Gasteiger partial charge in [-0.25, -0.2) is 4.39 Å². The van der Waals surface area contributed by atoms with Crippen molar-refractivity contribution in [2.24, 2.45) is 5.73 Å². The number of halogens is 1. The maximum Gasteiger partial charge on any atom is 0.265 e. The lowest BCUT2D eigenvalue weighted by molar-refractivity contribution is -0.122. The first-order valence-electron chi connectivity index (χ1n) is 6.61. The number of carbonyl (C=O) groups is 1. The van der Waals surface area contributed by atoms with Crippen molar-refractivity contribution in [3.05, 3.63) is 59.9 Å². The molecular formula is C16H17FN2O2. The summed E-state index contributed by atoms with van der Waals surface area (Å²) in [6.07, 6.45) is -0.809. The summed E-state index contributed by atoms with van der Waals surface area (Å²) in [5.74, 6) is -0.790. The Balaban J connectivity index is 1.97. The van der Waals surface area contributed by atoms with Gasteiger partial charge in [-0.2, -0.15) is 0 Å². The van der Waals surface area contributed by atoms with Crippen LogP contribution in [0.15, 0.2) is 48.5 Å². The Kier molecular flexibility index (Phi) is 4.90. The van der Waals surface area contributed by atoms with E-state index in [2.05, 4.69) is 5.32 Å². The van der Waals surface area contributed by atoms with Gasteiger partial charge in [-0.3, -0.25) is 4.79 Å². The first-order chi connectivity index (χ1) is 10.1. The number of hydrogen-bond donors (Lipinski definition) is 2. The number of nitrogens with one attached hydrogen (secondary N) is 1. The third kappa shape index (κ3) is 4.03. The maximum absolute atomic E-state index is 13.5. The highest BCUT2D eigenvalue weighted by Gasteiger charge is 2.16. The Bertz CT molecular complexity index is 614. The van der Waals surface area contributed by atoms with Crippen LogP contribution < -0.4 is 15.8 Å². The molecule has 0 aliphatic rings. The summed E-state index contributed by atoms with van der Waals surface area (Å²) in [5, 5.41) is 2.71. The van der Waals surface area contributed by atoms with Crippen molar-refractivity contribution in [1.82, 2.24) is 0 Å². The minimum atomic E-state index is -0.809. The van der Waals surface area contributed by atoms with Gasteiger partial charge in [-0.1, -0.05) is 24.3 Å². The zero-order valence-corrected chi connectivity index (χ0v) is 11.7. The minimum Gasteiger partial charge on any atom is -0.478 e. The lowest BCUT2D eigenvalue weighted by Gasteiger charge is -2.15. The monoisotopic (exact) mass is 288 g/mol. The number of amides is 1. The molecule has 21 heavy (non-hydrogen) atoms. The van der Waals surface area contributed by atoms with E-state index in [1.807, 2.05) is 12.1 Å². The normalized spacial score (nSPS) is 11.8. The van der Waals surface area contributed by atoms with Crippen LogP contribution in [0.5, 0.6) is 5.75 Å². The third-order valence-corrected chi connectivity index (χ3v) is 2.97. The van der Waals surface area contributed by atoms with E-state index in [0.29, 0.717) is 12.2 Å². The lowest BCUT2D eigenvalue weighted by atomic mass is 10.2. The zero-order valence-electron chi connectivity index (χ0n) is 11.7. The number of nitrogens with two attached hydrogens (primary N) is 1. The van der Waals surface area contributed by atoms with Crippen molar-refractivity contribution in [3.63, 3.8) is 0 Å². The molecule has 0 saturated heterocycles. The van der Waals surface area contributed by atoms with Gasteiger partial charge in [0.1, 0.15) is 0 Å². The molecule has 0 bridgehead atoms. The van der Waals surface area contributed by atoms with Gasteiger partial charge in [0.2, 0.25) is 0 Å². The first kappa shape index (κ1) is 15.0. The van der Waals surface area contributed by atoms with Gasteiger partial charge in [-0.15, -0.1) is 0 Å². The van der Waals surface area contributed by atoms with Crippen LogP contribution in [-0.4, -0.2) is 12.0 Å². The second kappa shape index (κ2) is 6.85. The highest BCUT2D eigenvalue weighted by Crippen LogP contribution is 2.17. The molecule has 5 heteroatoms. The van der Waals surface area contributed by atoms with Gasteiger partial charge >= 0.3 is 0 Å². The summed E-state index contributed by atoms with van der Waals surface area (Å²) >= 11 is 0. The van der Waals surface area contributed by atoms with Gasteiger partial charge in [0.25, 0.3) is 5.91 Å². The Morgan fingerprint density at radius 2 is 1.90 bits per heavy atom. The lowest BCUT2D eigenvalue weighted by Crippen LogP contribution is -2.30. The topological polar surface area (TPSA) is 64.3 Å². The average Bonchev–Trinajstić information content (AvgIpc) is 2.50. The Morgan fingerprint density at radius 1 is 1.24 bits per heavy atom. The van der Waals surface area contributed by atoms with E-state index in [1.165, 1.54) is 12.1 Å². The molecule has 0 saturated carbocycles. The number of ether oxygens (including phenoxy) is 1. The van der Waals surface area contributed by atoms with Crippen molar-refractivity contribution in [2.45, 2.75) is 19.6 Å². The maximum atomic E-state index is 13.5. The molecule has 4 nitrogen and oxygen atoms in total. The third-order valence-electron chi connectivity index (χ3n) is 2.97. The van der Waals surface area contributed by atoms with E-state index in [-0.39, 0.29) is 11.7 Å². The van der Waals surface area contributed by atoms with E-state index in [0.717, 1.165) is 5.56 Å². The van der Waals surface area contributed by atoms with Gasteiger partial charge in [-0.05, 0) is 36.8 Å². The van der Waals surface area contributed by atoms with Gasteiger partial charge in [0.05, 0.1) is 0 Å². The molecule has 110 valence electrons. The molecule has 2 rings (SSSR count). The first-order valence-corrected chi connectivity index (χ1v) is 6.61. The predicted molar refractivity (Wildman–Crippen MR) is 79.5 cm³/mol. The average molecular weight is 288 g/mol. The van der Waals surface area contributed by atoms with Crippen molar-refractivity contribution in [1.29, 1.82) is 0 Å². The standard InChI is InChI=1S/C16H17FN2O2/c1-11(21-15-5-3-2-4-14(15)17)16(20)19-13-8-6-12(10-18)7-9-13/h2-9,11H,10,18H2,1H3,(H,19,20). The van der Waals surface area contributed by atoms with E-state index in [9.17, 15) is 9.18 Å². The van der Waals surface area contributed by atoms with E-state index in [4.69, 9.17) is 10.5 Å². The molecule has 0 aliphatic carbocycles. The summed E-state index contributed by atoms with van der Waals surface area (Å²) < 4.78 is 18.8. The van der Waals surface area contributed by atoms with Crippen molar-refractivity contribution in [2.75, 3.05) is 5.32 Å². The van der Waals surface area contributed by atoms with Crippen molar-refractivity contribution < 1.29 is 13.9 Å².